The minimum absolute atomic E-state index is 0.718. The highest BCUT2D eigenvalue weighted by Gasteiger charge is 2.01. The van der Waals surface area contributed by atoms with E-state index in [4.69, 9.17) is 0 Å². The van der Waals surface area contributed by atoms with Crippen LogP contribution < -0.4 is 10.6 Å². The molecule has 1 aromatic heterocycles. The van der Waals surface area contributed by atoms with Crippen molar-refractivity contribution in [2.24, 2.45) is 0 Å². The first-order chi connectivity index (χ1) is 8.19. The second-order valence-electron chi connectivity index (χ2n) is 3.29. The summed E-state index contributed by atoms with van der Waals surface area (Å²) in [6, 6.07) is 6.03. The van der Waals surface area contributed by atoms with E-state index >= 15 is 0 Å². The average molecular weight is 405 g/mol. The summed E-state index contributed by atoms with van der Waals surface area (Å²) < 4.78 is 2.23. The lowest BCUT2D eigenvalue weighted by Gasteiger charge is -2.07. The average Bonchev–Trinajstić information content (AvgIpc) is 2.34. The maximum Gasteiger partial charge on any atom is 0.151 e. The Hall–Kier alpha value is -0.890. The van der Waals surface area contributed by atoms with Crippen molar-refractivity contribution in [3.63, 3.8) is 0 Å². The number of anilines is 3. The standard InChI is InChI=1S/C11H10BrIN4/c1-14-10-5-15-6-11(17-10)16-7-2-3-8(12)9(13)4-7/h2-6H,1H3,(H2,14,16,17). The Morgan fingerprint density at radius 1 is 1.24 bits per heavy atom. The molecule has 0 aliphatic carbocycles. The molecule has 1 aromatic carbocycles. The molecule has 0 saturated heterocycles. The van der Waals surface area contributed by atoms with Crippen molar-refractivity contribution in [3.05, 3.63) is 38.6 Å². The molecule has 2 rings (SSSR count). The van der Waals surface area contributed by atoms with Gasteiger partial charge in [0.2, 0.25) is 0 Å². The zero-order valence-electron chi connectivity index (χ0n) is 9.04. The maximum atomic E-state index is 4.34. The predicted molar refractivity (Wildman–Crippen MR) is 81.7 cm³/mol. The molecule has 17 heavy (non-hydrogen) atoms. The number of halogens is 2. The molecule has 0 spiro atoms. The lowest BCUT2D eigenvalue weighted by molar-refractivity contribution is 1.18. The van der Waals surface area contributed by atoms with Crippen LogP contribution >= 0.6 is 38.5 Å². The molecule has 0 unspecified atom stereocenters. The largest absolute Gasteiger partial charge is 0.372 e. The Labute approximate surface area is 122 Å². The van der Waals surface area contributed by atoms with Gasteiger partial charge >= 0.3 is 0 Å². The number of benzene rings is 1. The highest BCUT2D eigenvalue weighted by atomic mass is 127. The molecule has 0 radical (unpaired) electrons. The van der Waals surface area contributed by atoms with Crippen molar-refractivity contribution in [3.8, 4) is 0 Å². The Morgan fingerprint density at radius 2 is 2.00 bits per heavy atom. The van der Waals surface area contributed by atoms with Crippen LogP contribution in [0, 0.1) is 3.57 Å². The highest BCUT2D eigenvalue weighted by Crippen LogP contribution is 2.24. The molecule has 2 aromatic rings. The van der Waals surface area contributed by atoms with E-state index in [-0.39, 0.29) is 0 Å². The second-order valence-corrected chi connectivity index (χ2v) is 5.31. The summed E-state index contributed by atoms with van der Waals surface area (Å²) in [5.74, 6) is 1.46. The monoisotopic (exact) mass is 404 g/mol. The summed E-state index contributed by atoms with van der Waals surface area (Å²) in [6.07, 6.45) is 3.37. The van der Waals surface area contributed by atoms with Crippen LogP contribution in [0.5, 0.6) is 0 Å². The second kappa shape index (κ2) is 5.63. The van der Waals surface area contributed by atoms with Gasteiger partial charge in [-0.3, -0.25) is 4.98 Å². The van der Waals surface area contributed by atoms with Gasteiger partial charge in [0.1, 0.15) is 5.82 Å². The molecule has 0 amide bonds. The maximum absolute atomic E-state index is 4.34. The molecule has 0 bridgehead atoms. The SMILES string of the molecule is CNc1cncc(Nc2ccc(Br)c(I)c2)n1. The van der Waals surface area contributed by atoms with Crippen LogP contribution in [0.3, 0.4) is 0 Å². The van der Waals surface area contributed by atoms with Crippen molar-refractivity contribution in [2.75, 3.05) is 17.7 Å². The lowest BCUT2D eigenvalue weighted by atomic mass is 10.3. The molecule has 88 valence electrons. The molecule has 0 saturated carbocycles. The van der Waals surface area contributed by atoms with Crippen LogP contribution in [0.2, 0.25) is 0 Å². The third-order valence-electron chi connectivity index (χ3n) is 2.08. The first-order valence-electron chi connectivity index (χ1n) is 4.91. The van der Waals surface area contributed by atoms with Gasteiger partial charge in [-0.2, -0.15) is 0 Å². The zero-order valence-corrected chi connectivity index (χ0v) is 12.8. The number of nitrogens with zero attached hydrogens (tertiary/aromatic N) is 2. The Kier molecular flexibility index (Phi) is 4.16. The van der Waals surface area contributed by atoms with Crippen LogP contribution in [0.4, 0.5) is 17.3 Å². The smallest absolute Gasteiger partial charge is 0.151 e. The zero-order chi connectivity index (χ0) is 12.3. The van der Waals surface area contributed by atoms with E-state index in [9.17, 15) is 0 Å². The molecule has 0 aliphatic heterocycles. The van der Waals surface area contributed by atoms with Gasteiger partial charge < -0.3 is 10.6 Å². The van der Waals surface area contributed by atoms with Crippen LogP contribution in [0.25, 0.3) is 0 Å². The van der Waals surface area contributed by atoms with Crippen molar-refractivity contribution in [2.45, 2.75) is 0 Å². The Bertz CT molecular complexity index is 533. The number of nitrogens with one attached hydrogen (secondary N) is 2. The van der Waals surface area contributed by atoms with Gasteiger partial charge in [0.15, 0.2) is 5.82 Å². The molecule has 4 nitrogen and oxygen atoms in total. The van der Waals surface area contributed by atoms with Gasteiger partial charge in [-0.1, -0.05) is 0 Å². The van der Waals surface area contributed by atoms with Crippen LogP contribution in [0.1, 0.15) is 0 Å². The molecule has 1 heterocycles. The fraction of sp³-hybridized carbons (Fsp3) is 0.0909. The summed E-state index contributed by atoms with van der Waals surface area (Å²) in [6.45, 7) is 0. The van der Waals surface area contributed by atoms with Crippen molar-refractivity contribution in [1.82, 2.24) is 9.97 Å². The summed E-state index contributed by atoms with van der Waals surface area (Å²) in [7, 11) is 1.82. The van der Waals surface area contributed by atoms with E-state index in [2.05, 4.69) is 59.1 Å². The van der Waals surface area contributed by atoms with Gasteiger partial charge in [-0.15, -0.1) is 0 Å². The Balaban J connectivity index is 2.22. The van der Waals surface area contributed by atoms with E-state index in [1.807, 2.05) is 25.2 Å². The first kappa shape index (κ1) is 12.6. The van der Waals surface area contributed by atoms with E-state index in [0.29, 0.717) is 0 Å². The third-order valence-corrected chi connectivity index (χ3v) is 4.41. The lowest BCUT2D eigenvalue weighted by Crippen LogP contribution is -1.99. The topological polar surface area (TPSA) is 49.8 Å². The Morgan fingerprint density at radius 3 is 2.71 bits per heavy atom. The molecule has 6 heteroatoms. The summed E-state index contributed by atoms with van der Waals surface area (Å²) in [5.41, 5.74) is 0.986. The highest BCUT2D eigenvalue weighted by molar-refractivity contribution is 14.1. The molecule has 0 aliphatic rings. The van der Waals surface area contributed by atoms with Gasteiger partial charge in [0.05, 0.1) is 12.4 Å². The summed E-state index contributed by atoms with van der Waals surface area (Å²) in [4.78, 5) is 8.43. The van der Waals surface area contributed by atoms with Crippen LogP contribution in [-0.2, 0) is 0 Å². The molecule has 2 N–H and O–H groups in total. The van der Waals surface area contributed by atoms with E-state index in [0.717, 1.165) is 25.4 Å². The molecular formula is C11H10BrIN4. The van der Waals surface area contributed by atoms with E-state index in [1.165, 1.54) is 0 Å². The molecule has 0 fully saturated rings. The minimum Gasteiger partial charge on any atom is -0.372 e. The van der Waals surface area contributed by atoms with Crippen molar-refractivity contribution >= 4 is 55.8 Å². The van der Waals surface area contributed by atoms with Gasteiger partial charge in [-0.05, 0) is 56.7 Å². The quantitative estimate of drug-likeness (QED) is 0.767. The van der Waals surface area contributed by atoms with E-state index < -0.39 is 0 Å². The van der Waals surface area contributed by atoms with Gasteiger partial charge in [0, 0.05) is 20.8 Å². The third kappa shape index (κ3) is 3.29. The number of hydrogen-bond acceptors (Lipinski definition) is 4. The van der Waals surface area contributed by atoms with Crippen molar-refractivity contribution in [1.29, 1.82) is 0 Å². The normalized spacial score (nSPS) is 10.1. The predicted octanol–water partition coefficient (Wildman–Crippen LogP) is 3.63. The number of hydrogen-bond donors (Lipinski definition) is 2. The van der Waals surface area contributed by atoms with Gasteiger partial charge in [-0.25, -0.2) is 4.98 Å². The van der Waals surface area contributed by atoms with Crippen LogP contribution in [-0.4, -0.2) is 17.0 Å². The minimum atomic E-state index is 0.718. The summed E-state index contributed by atoms with van der Waals surface area (Å²) >= 11 is 5.74. The fourth-order valence-corrected chi connectivity index (χ4v) is 2.03. The van der Waals surface area contributed by atoms with Crippen LogP contribution in [0.15, 0.2) is 35.1 Å². The summed E-state index contributed by atoms with van der Waals surface area (Å²) in [5, 5.41) is 6.16. The molecule has 0 atom stereocenters. The van der Waals surface area contributed by atoms with Gasteiger partial charge in [0.25, 0.3) is 0 Å². The van der Waals surface area contributed by atoms with Crippen molar-refractivity contribution < 1.29 is 0 Å². The molecular weight excluding hydrogens is 395 g/mol. The number of rotatable bonds is 3. The fourth-order valence-electron chi connectivity index (χ4n) is 1.27. The van der Waals surface area contributed by atoms with E-state index in [1.54, 1.807) is 12.4 Å². The number of aromatic nitrogens is 2. The first-order valence-corrected chi connectivity index (χ1v) is 6.78.